The number of ether oxygens (including phenoxy) is 2. The molecule has 0 spiro atoms. The quantitative estimate of drug-likeness (QED) is 0.0936. The molecule has 0 radical (unpaired) electrons. The fraction of sp³-hybridized carbons (Fsp3) is 0.250. The Labute approximate surface area is 365 Å². The molecule has 0 aliphatic carbocycles. The van der Waals surface area contributed by atoms with Crippen LogP contribution in [0.15, 0.2) is 133 Å². The maximum absolute atomic E-state index is 12.5. The highest BCUT2D eigenvalue weighted by Crippen LogP contribution is 2.18. The Morgan fingerprint density at radius 2 is 1.11 bits per heavy atom. The summed E-state index contributed by atoms with van der Waals surface area (Å²) in [7, 11) is 11.4. The van der Waals surface area contributed by atoms with Gasteiger partial charge in [-0.3, -0.25) is 14.4 Å². The van der Waals surface area contributed by atoms with Crippen LogP contribution in [-0.4, -0.2) is 105 Å². The number of methoxy groups -OCH3 is 2. The molecule has 0 fully saturated rings. The molecule has 14 nitrogen and oxygen atoms in total. The molecule has 5 aromatic carbocycles. The van der Waals surface area contributed by atoms with Crippen molar-refractivity contribution >= 4 is 54.1 Å². The summed E-state index contributed by atoms with van der Waals surface area (Å²) in [6.45, 7) is 3.55. The molecule has 1 unspecified atom stereocenters. The Morgan fingerprint density at radius 1 is 0.629 bits per heavy atom. The van der Waals surface area contributed by atoms with Gasteiger partial charge >= 0.3 is 0 Å². The Morgan fingerprint density at radius 3 is 1.55 bits per heavy atom. The van der Waals surface area contributed by atoms with E-state index in [0.717, 1.165) is 17.1 Å². The average molecular weight is 849 g/mol. The van der Waals surface area contributed by atoms with Crippen molar-refractivity contribution in [3.05, 3.63) is 150 Å². The van der Waals surface area contributed by atoms with Crippen LogP contribution in [-0.2, 0) is 30.4 Å². The van der Waals surface area contributed by atoms with E-state index >= 15 is 0 Å². The zero-order chi connectivity index (χ0) is 46.1. The number of rotatable bonds is 16. The lowest BCUT2D eigenvalue weighted by Gasteiger charge is -2.14. The lowest BCUT2D eigenvalue weighted by Crippen LogP contribution is -2.43. The largest absolute Gasteiger partial charge is 0.497 e. The van der Waals surface area contributed by atoms with Gasteiger partial charge in [-0.05, 0) is 79.6 Å². The minimum absolute atomic E-state index is 0.0934. The van der Waals surface area contributed by atoms with E-state index in [-0.39, 0.29) is 25.2 Å². The fourth-order valence-electron chi connectivity index (χ4n) is 5.04. The zero-order valence-electron chi connectivity index (χ0n) is 36.6. The molecule has 62 heavy (non-hydrogen) atoms. The summed E-state index contributed by atoms with van der Waals surface area (Å²) in [5.41, 5.74) is 5.24. The smallest absolute Gasteiger partial charge is 0.253 e. The fourth-order valence-corrected chi connectivity index (χ4v) is 5.04. The summed E-state index contributed by atoms with van der Waals surface area (Å²) in [5.74, 6) is 0.378. The number of nitrogens with one attached hydrogen (secondary N) is 4. The van der Waals surface area contributed by atoms with Gasteiger partial charge in [-0.15, -0.1) is 0 Å². The lowest BCUT2D eigenvalue weighted by molar-refractivity contribution is -0.123. The minimum atomic E-state index is -0.703. The summed E-state index contributed by atoms with van der Waals surface area (Å²) in [4.78, 5) is 69.9. The maximum Gasteiger partial charge on any atom is 0.253 e. The van der Waals surface area contributed by atoms with Crippen molar-refractivity contribution in [3.63, 3.8) is 0 Å². The van der Waals surface area contributed by atoms with Crippen LogP contribution in [0.25, 0.3) is 0 Å². The van der Waals surface area contributed by atoms with E-state index in [9.17, 15) is 24.0 Å². The number of amides is 3. The van der Waals surface area contributed by atoms with Crippen molar-refractivity contribution in [2.75, 3.05) is 77.2 Å². The third-order valence-corrected chi connectivity index (χ3v) is 8.33. The molecule has 0 heterocycles. The van der Waals surface area contributed by atoms with E-state index in [0.29, 0.717) is 24.7 Å². The van der Waals surface area contributed by atoms with Crippen LogP contribution in [0.2, 0.25) is 0 Å². The highest BCUT2D eigenvalue weighted by molar-refractivity contribution is 6.01. The minimum Gasteiger partial charge on any atom is -0.497 e. The van der Waals surface area contributed by atoms with Gasteiger partial charge in [0.15, 0.2) is 0 Å². The van der Waals surface area contributed by atoms with E-state index < -0.39 is 23.8 Å². The van der Waals surface area contributed by atoms with Crippen molar-refractivity contribution in [2.24, 2.45) is 0 Å². The van der Waals surface area contributed by atoms with Gasteiger partial charge in [0.1, 0.15) is 30.9 Å². The van der Waals surface area contributed by atoms with Gasteiger partial charge < -0.3 is 54.9 Å². The van der Waals surface area contributed by atoms with Crippen LogP contribution in [0.4, 0.5) is 17.1 Å². The maximum atomic E-state index is 12.5. The first-order valence-electron chi connectivity index (χ1n) is 19.4. The molecule has 14 heteroatoms. The van der Waals surface area contributed by atoms with Crippen LogP contribution < -0.4 is 40.5 Å². The lowest BCUT2D eigenvalue weighted by atomic mass is 10.1. The molecular formula is C48H60N6O8. The second kappa shape index (κ2) is 31.4. The van der Waals surface area contributed by atoms with Crippen LogP contribution in [0.5, 0.6) is 11.5 Å². The molecule has 3 amide bonds. The van der Waals surface area contributed by atoms with Crippen molar-refractivity contribution < 1.29 is 38.2 Å². The Balaban J connectivity index is 0.000000498. The van der Waals surface area contributed by atoms with Gasteiger partial charge in [-0.25, -0.2) is 0 Å². The van der Waals surface area contributed by atoms with Crippen LogP contribution in [0, 0.1) is 6.92 Å². The van der Waals surface area contributed by atoms with Gasteiger partial charge in [0.25, 0.3) is 5.91 Å². The Hall–Kier alpha value is -7.48. The number of aryl methyl sites for hydroxylation is 1. The second-order valence-electron chi connectivity index (χ2n) is 13.4. The topological polar surface area (TPSA) is 175 Å². The highest BCUT2D eigenvalue weighted by atomic mass is 16.5. The molecule has 1 atom stereocenters. The number of anilines is 3. The molecule has 0 aliphatic rings. The Bertz CT molecular complexity index is 1960. The molecule has 0 saturated heterocycles. The number of para-hydroxylation sites is 1. The van der Waals surface area contributed by atoms with E-state index in [4.69, 9.17) is 14.3 Å². The summed E-state index contributed by atoms with van der Waals surface area (Å²) < 4.78 is 10.1. The summed E-state index contributed by atoms with van der Waals surface area (Å²) in [6, 6.07) is 41.2. The van der Waals surface area contributed by atoms with E-state index in [1.165, 1.54) is 16.9 Å². The zero-order valence-corrected chi connectivity index (χ0v) is 36.6. The monoisotopic (exact) mass is 848 g/mol. The van der Waals surface area contributed by atoms with Gasteiger partial charge in [0.2, 0.25) is 11.8 Å². The first-order valence-corrected chi connectivity index (χ1v) is 19.4. The van der Waals surface area contributed by atoms with Gasteiger partial charge in [-0.2, -0.15) is 0 Å². The third kappa shape index (κ3) is 22.0. The van der Waals surface area contributed by atoms with E-state index in [1.807, 2.05) is 132 Å². The number of nitrogens with zero attached hydrogens (tertiary/aromatic N) is 2. The summed E-state index contributed by atoms with van der Waals surface area (Å²) >= 11 is 0. The number of hydrogen-bond acceptors (Lipinski definition) is 11. The van der Waals surface area contributed by atoms with Crippen LogP contribution in [0.3, 0.4) is 0 Å². The molecule has 0 saturated carbocycles. The molecule has 5 aromatic rings. The number of aldehydes is 2. The van der Waals surface area contributed by atoms with Crippen LogP contribution in [0.1, 0.15) is 21.5 Å². The van der Waals surface area contributed by atoms with Crippen molar-refractivity contribution in [1.82, 2.24) is 16.0 Å². The normalized spacial score (nSPS) is 9.85. The standard InChI is InChI=1S/C22H24N4O5.2C9H13NO.C7H8.CH2O/c27-11-10-23-20(29)13-24-19-9-5-4-8-18(19)22(31)25-14-21(30)26-17(15-28)12-16-6-2-1-3-7-16;2*1-10(2)8-4-6-9(11-3)7-5-8;1-7-5-3-2-4-6-7;1-2/h1-9,11,15,17,24H,10,12-14H2,(H,23,29)(H,25,31)(H,26,30);2*4-7H,1-3H3;2-6H,1H3;1H2. The molecule has 5 rings (SSSR count). The van der Waals surface area contributed by atoms with Gasteiger partial charge in [0.05, 0.1) is 45.5 Å². The Kier molecular flexibility index (Phi) is 26.6. The van der Waals surface area contributed by atoms with E-state index in [2.05, 4.69) is 50.1 Å². The molecule has 330 valence electrons. The second-order valence-corrected chi connectivity index (χ2v) is 13.4. The van der Waals surface area contributed by atoms with Crippen LogP contribution >= 0.6 is 0 Å². The van der Waals surface area contributed by atoms with Crippen molar-refractivity contribution in [2.45, 2.75) is 19.4 Å². The third-order valence-electron chi connectivity index (χ3n) is 8.33. The number of carbonyl (C=O) groups is 6. The van der Waals surface area contributed by atoms with Crippen molar-refractivity contribution in [1.29, 1.82) is 0 Å². The average Bonchev–Trinajstić information content (AvgIpc) is 3.31. The van der Waals surface area contributed by atoms with E-state index in [1.54, 1.807) is 38.5 Å². The number of hydrogen-bond donors (Lipinski definition) is 4. The first kappa shape index (κ1) is 52.5. The molecule has 0 aromatic heterocycles. The van der Waals surface area contributed by atoms with Gasteiger partial charge in [0, 0.05) is 45.3 Å². The first-order chi connectivity index (χ1) is 29.9. The van der Waals surface area contributed by atoms with Gasteiger partial charge in [-0.1, -0.05) is 78.4 Å². The predicted molar refractivity (Wildman–Crippen MR) is 247 cm³/mol. The molecule has 4 N–H and O–H groups in total. The molecule has 0 aliphatic heterocycles. The number of benzene rings is 5. The summed E-state index contributed by atoms with van der Waals surface area (Å²) in [5, 5.41) is 10.3. The molecular weight excluding hydrogens is 789 g/mol. The predicted octanol–water partition coefficient (Wildman–Crippen LogP) is 5.40. The summed E-state index contributed by atoms with van der Waals surface area (Å²) in [6.07, 6.45) is 1.57. The highest BCUT2D eigenvalue weighted by Gasteiger charge is 2.16. The number of carbonyl (C=O) groups excluding carboxylic acids is 6. The SMILES string of the molecule is C=O.COc1ccc(N(C)C)cc1.COc1ccc(N(C)C)cc1.Cc1ccccc1.O=CCNC(=O)CNc1ccccc1C(=O)NCC(=O)NC(C=O)Cc1ccccc1. The molecule has 0 bridgehead atoms. The van der Waals surface area contributed by atoms with Crippen molar-refractivity contribution in [3.8, 4) is 11.5 Å².